The molecule has 1 heterocycles. The second-order valence-electron chi connectivity index (χ2n) is 5.49. The molecule has 25 heavy (non-hydrogen) atoms. The van der Waals surface area contributed by atoms with Gasteiger partial charge in [-0.1, -0.05) is 15.9 Å². The lowest BCUT2D eigenvalue weighted by Gasteiger charge is -2.09. The fourth-order valence-electron chi connectivity index (χ4n) is 1.94. The van der Waals surface area contributed by atoms with Crippen LogP contribution in [0.1, 0.15) is 25.2 Å². The van der Waals surface area contributed by atoms with Gasteiger partial charge in [0.15, 0.2) is 0 Å². The van der Waals surface area contributed by atoms with Gasteiger partial charge in [0.25, 0.3) is 0 Å². The van der Waals surface area contributed by atoms with Crippen LogP contribution in [0.5, 0.6) is 0 Å². The van der Waals surface area contributed by atoms with E-state index in [1.165, 1.54) is 6.21 Å². The van der Waals surface area contributed by atoms with Gasteiger partial charge >= 0.3 is 11.8 Å². The molecule has 0 fully saturated rings. The number of benzene rings is 1. The minimum atomic E-state index is -0.815. The van der Waals surface area contributed by atoms with E-state index in [0.29, 0.717) is 6.54 Å². The zero-order valence-corrected chi connectivity index (χ0v) is 15.5. The van der Waals surface area contributed by atoms with Gasteiger partial charge in [-0.05, 0) is 44.2 Å². The monoisotopic (exact) mass is 406 g/mol. The van der Waals surface area contributed by atoms with Crippen LogP contribution in [0, 0.1) is 0 Å². The van der Waals surface area contributed by atoms with Gasteiger partial charge in [0.2, 0.25) is 0 Å². The minimum absolute atomic E-state index is 0.121. The van der Waals surface area contributed by atoms with Gasteiger partial charge in [-0.3, -0.25) is 9.59 Å². The van der Waals surface area contributed by atoms with Crippen molar-refractivity contribution in [2.45, 2.75) is 26.4 Å². The SMILES string of the molecule is CC(C)NC(=O)C(=O)N/N=C\c1cc(Br)ccc1NCc1ccco1. The number of nitrogens with one attached hydrogen (secondary N) is 3. The average Bonchev–Trinajstić information content (AvgIpc) is 3.06. The van der Waals surface area contributed by atoms with E-state index in [-0.39, 0.29) is 6.04 Å². The second-order valence-corrected chi connectivity index (χ2v) is 6.41. The summed E-state index contributed by atoms with van der Waals surface area (Å²) in [5.41, 5.74) is 3.76. The molecule has 8 heteroatoms. The number of carbonyl (C=O) groups excluding carboxylic acids is 2. The Morgan fingerprint density at radius 2 is 2.08 bits per heavy atom. The summed E-state index contributed by atoms with van der Waals surface area (Å²) >= 11 is 3.40. The summed E-state index contributed by atoms with van der Waals surface area (Å²) in [4.78, 5) is 23.2. The van der Waals surface area contributed by atoms with E-state index in [1.54, 1.807) is 20.1 Å². The third-order valence-electron chi connectivity index (χ3n) is 3.04. The van der Waals surface area contributed by atoms with Crippen molar-refractivity contribution in [3.05, 3.63) is 52.4 Å². The molecule has 2 amide bonds. The van der Waals surface area contributed by atoms with E-state index in [2.05, 4.69) is 37.1 Å². The smallest absolute Gasteiger partial charge is 0.329 e. The average molecular weight is 407 g/mol. The first kappa shape index (κ1) is 18.7. The highest BCUT2D eigenvalue weighted by Gasteiger charge is 2.13. The van der Waals surface area contributed by atoms with Crippen LogP contribution in [-0.4, -0.2) is 24.1 Å². The summed E-state index contributed by atoms with van der Waals surface area (Å²) in [6.07, 6.45) is 3.08. The van der Waals surface area contributed by atoms with Crippen LogP contribution < -0.4 is 16.1 Å². The van der Waals surface area contributed by atoms with E-state index in [1.807, 2.05) is 30.3 Å². The zero-order chi connectivity index (χ0) is 18.2. The van der Waals surface area contributed by atoms with E-state index in [4.69, 9.17) is 4.42 Å². The van der Waals surface area contributed by atoms with Crippen LogP contribution in [0.4, 0.5) is 5.69 Å². The Balaban J connectivity index is 2.01. The first-order valence-electron chi connectivity index (χ1n) is 7.65. The van der Waals surface area contributed by atoms with Crippen LogP contribution in [0.15, 0.2) is 50.6 Å². The fraction of sp³-hybridized carbons (Fsp3) is 0.235. The summed E-state index contributed by atoms with van der Waals surface area (Å²) in [5, 5.41) is 9.57. The van der Waals surface area contributed by atoms with Crippen LogP contribution in [-0.2, 0) is 16.1 Å². The molecule has 1 aromatic heterocycles. The molecule has 0 radical (unpaired) electrons. The van der Waals surface area contributed by atoms with Crippen LogP contribution in [0.25, 0.3) is 0 Å². The summed E-state index contributed by atoms with van der Waals surface area (Å²) < 4.78 is 6.14. The number of hydrogen-bond donors (Lipinski definition) is 3. The lowest BCUT2D eigenvalue weighted by atomic mass is 10.2. The number of carbonyl (C=O) groups is 2. The molecule has 0 aliphatic rings. The molecular formula is C17H19BrN4O3. The predicted molar refractivity (Wildman–Crippen MR) is 99.2 cm³/mol. The van der Waals surface area contributed by atoms with E-state index in [0.717, 1.165) is 21.5 Å². The number of halogens is 1. The van der Waals surface area contributed by atoms with E-state index < -0.39 is 11.8 Å². The first-order valence-corrected chi connectivity index (χ1v) is 8.44. The molecule has 2 aromatic rings. The number of amides is 2. The molecule has 0 bridgehead atoms. The standard InChI is InChI=1S/C17H19BrN4O3/c1-11(2)21-16(23)17(24)22-20-9-12-8-13(18)5-6-15(12)19-10-14-4-3-7-25-14/h3-9,11,19H,10H2,1-2H3,(H,21,23)(H,22,24)/b20-9-. The van der Waals surface area contributed by atoms with Crippen LogP contribution in [0.2, 0.25) is 0 Å². The van der Waals surface area contributed by atoms with Gasteiger partial charge in [0.1, 0.15) is 5.76 Å². The van der Waals surface area contributed by atoms with Crippen molar-refractivity contribution in [3.63, 3.8) is 0 Å². The number of furan rings is 1. The summed E-state index contributed by atoms with van der Waals surface area (Å²) in [6.45, 7) is 4.05. The van der Waals surface area contributed by atoms with Crippen LogP contribution in [0.3, 0.4) is 0 Å². The lowest BCUT2D eigenvalue weighted by Crippen LogP contribution is -2.41. The molecule has 0 unspecified atom stereocenters. The Morgan fingerprint density at radius 3 is 2.76 bits per heavy atom. The van der Waals surface area contributed by atoms with Gasteiger partial charge in [-0.25, -0.2) is 5.43 Å². The molecule has 0 saturated carbocycles. The Bertz CT molecular complexity index is 757. The van der Waals surface area contributed by atoms with Gasteiger partial charge in [0, 0.05) is 21.8 Å². The normalized spacial score (nSPS) is 10.9. The number of nitrogens with zero attached hydrogens (tertiary/aromatic N) is 1. The molecule has 7 nitrogen and oxygen atoms in total. The van der Waals surface area contributed by atoms with Gasteiger partial charge in [-0.15, -0.1) is 0 Å². The highest BCUT2D eigenvalue weighted by atomic mass is 79.9. The molecule has 3 N–H and O–H groups in total. The predicted octanol–water partition coefficient (Wildman–Crippen LogP) is 2.63. The van der Waals surface area contributed by atoms with Crippen molar-refractivity contribution in [1.29, 1.82) is 0 Å². The number of hydrazone groups is 1. The van der Waals surface area contributed by atoms with Crippen molar-refractivity contribution < 1.29 is 14.0 Å². The molecule has 132 valence electrons. The van der Waals surface area contributed by atoms with Crippen LogP contribution >= 0.6 is 15.9 Å². The summed E-state index contributed by atoms with van der Waals surface area (Å²) in [5.74, 6) is -0.743. The molecule has 0 atom stereocenters. The molecule has 0 aliphatic heterocycles. The van der Waals surface area contributed by atoms with Gasteiger partial charge in [0.05, 0.1) is 19.0 Å². The number of hydrogen-bond acceptors (Lipinski definition) is 5. The molecule has 0 spiro atoms. The largest absolute Gasteiger partial charge is 0.467 e. The van der Waals surface area contributed by atoms with Gasteiger partial charge < -0.3 is 15.1 Å². The summed E-state index contributed by atoms with van der Waals surface area (Å²) in [7, 11) is 0. The molecule has 1 aromatic carbocycles. The molecular weight excluding hydrogens is 388 g/mol. The second kappa shape index (κ2) is 9.03. The Labute approximate surface area is 154 Å². The van der Waals surface area contributed by atoms with Crippen molar-refractivity contribution in [2.75, 3.05) is 5.32 Å². The van der Waals surface area contributed by atoms with E-state index >= 15 is 0 Å². The molecule has 0 aliphatic carbocycles. The third kappa shape index (κ3) is 6.07. The quantitative estimate of drug-likeness (QED) is 0.390. The number of rotatable bonds is 6. The molecule has 0 saturated heterocycles. The topological polar surface area (TPSA) is 95.7 Å². The van der Waals surface area contributed by atoms with Crippen molar-refractivity contribution >= 4 is 39.6 Å². The lowest BCUT2D eigenvalue weighted by molar-refractivity contribution is -0.139. The maximum atomic E-state index is 11.6. The highest BCUT2D eigenvalue weighted by Crippen LogP contribution is 2.20. The Hall–Kier alpha value is -2.61. The zero-order valence-electron chi connectivity index (χ0n) is 13.9. The number of anilines is 1. The Kier molecular flexibility index (Phi) is 6.76. The van der Waals surface area contributed by atoms with Crippen molar-refractivity contribution in [2.24, 2.45) is 5.10 Å². The molecule has 2 rings (SSSR count). The maximum Gasteiger partial charge on any atom is 0.329 e. The third-order valence-corrected chi connectivity index (χ3v) is 3.54. The Morgan fingerprint density at radius 1 is 1.28 bits per heavy atom. The highest BCUT2D eigenvalue weighted by molar-refractivity contribution is 9.10. The first-order chi connectivity index (χ1) is 12.0. The van der Waals surface area contributed by atoms with E-state index in [9.17, 15) is 9.59 Å². The maximum absolute atomic E-state index is 11.6. The van der Waals surface area contributed by atoms with Crippen molar-refractivity contribution in [3.8, 4) is 0 Å². The van der Waals surface area contributed by atoms with Gasteiger partial charge in [-0.2, -0.15) is 5.10 Å². The summed E-state index contributed by atoms with van der Waals surface area (Å²) in [6, 6.07) is 9.17. The van der Waals surface area contributed by atoms with Crippen molar-refractivity contribution in [1.82, 2.24) is 10.7 Å². The fourth-order valence-corrected chi connectivity index (χ4v) is 2.31. The minimum Gasteiger partial charge on any atom is -0.467 e.